The van der Waals surface area contributed by atoms with Crippen molar-refractivity contribution in [1.29, 1.82) is 0 Å². The first-order valence-corrected chi connectivity index (χ1v) is 11.3. The molecule has 0 aromatic carbocycles. The van der Waals surface area contributed by atoms with Crippen LogP contribution < -0.4 is 5.32 Å². The molecule has 1 saturated heterocycles. The molecule has 0 radical (unpaired) electrons. The second-order valence-electron chi connectivity index (χ2n) is 9.71. The number of aromatic nitrogens is 1. The molecule has 1 saturated carbocycles. The Morgan fingerprint density at radius 1 is 1.19 bits per heavy atom. The Hall–Kier alpha value is -0.650. The number of pyridine rings is 1. The maximum absolute atomic E-state index is 5.86. The highest BCUT2D eigenvalue weighted by atomic mass is 79.9. The molecule has 1 aromatic rings. The minimum Gasteiger partial charge on any atom is -0.373 e. The molecule has 0 amide bonds. The zero-order chi connectivity index (χ0) is 19.6. The number of anilines is 1. The van der Waals surface area contributed by atoms with Gasteiger partial charge >= 0.3 is 0 Å². The molecule has 1 aliphatic carbocycles. The van der Waals surface area contributed by atoms with E-state index in [1.54, 1.807) is 0 Å². The standard InChI is InChI=1S/C22H36BrN3O/c1-15-12-26(13-16(2)27-15)14-17-9-20(23)25-21(10-17)24-19-8-6-7-18(11-19)22(3,4)5/h9-10,15-16,18-19H,6-8,11-14H2,1-5H3,(H,24,25)/t15-,16+,18?,19-/m0/s1. The predicted octanol–water partition coefficient (Wildman–Crippen LogP) is 5.47. The van der Waals surface area contributed by atoms with Crippen molar-refractivity contribution >= 4 is 21.7 Å². The summed E-state index contributed by atoms with van der Waals surface area (Å²) in [6.07, 6.45) is 5.75. The van der Waals surface area contributed by atoms with Gasteiger partial charge in [0.1, 0.15) is 10.4 Å². The van der Waals surface area contributed by atoms with Crippen LogP contribution in [0, 0.1) is 11.3 Å². The first-order chi connectivity index (χ1) is 12.7. The van der Waals surface area contributed by atoms with E-state index in [0.717, 1.165) is 36.0 Å². The van der Waals surface area contributed by atoms with Crippen molar-refractivity contribution in [3.8, 4) is 0 Å². The summed E-state index contributed by atoms with van der Waals surface area (Å²) in [4.78, 5) is 7.19. The Labute approximate surface area is 173 Å². The van der Waals surface area contributed by atoms with Crippen molar-refractivity contribution in [1.82, 2.24) is 9.88 Å². The number of morpholine rings is 1. The molecule has 1 aromatic heterocycles. The van der Waals surface area contributed by atoms with Crippen LogP contribution in [0.25, 0.3) is 0 Å². The number of hydrogen-bond donors (Lipinski definition) is 1. The maximum atomic E-state index is 5.86. The average Bonchev–Trinajstić information content (AvgIpc) is 2.52. The quantitative estimate of drug-likeness (QED) is 0.633. The number of nitrogens with zero attached hydrogens (tertiary/aromatic N) is 2. The predicted molar refractivity (Wildman–Crippen MR) is 116 cm³/mol. The Morgan fingerprint density at radius 2 is 1.89 bits per heavy atom. The fourth-order valence-electron chi connectivity index (χ4n) is 4.70. The van der Waals surface area contributed by atoms with Gasteiger partial charge in [0.15, 0.2) is 0 Å². The number of hydrogen-bond acceptors (Lipinski definition) is 4. The van der Waals surface area contributed by atoms with E-state index < -0.39 is 0 Å². The van der Waals surface area contributed by atoms with Gasteiger partial charge in [0.2, 0.25) is 0 Å². The van der Waals surface area contributed by atoms with Crippen molar-refractivity contribution in [2.45, 2.75) is 85.1 Å². The molecule has 3 rings (SSSR count). The van der Waals surface area contributed by atoms with Gasteiger partial charge < -0.3 is 10.1 Å². The van der Waals surface area contributed by atoms with Crippen LogP contribution in [0.5, 0.6) is 0 Å². The summed E-state index contributed by atoms with van der Waals surface area (Å²) in [6, 6.07) is 4.91. The molecule has 2 heterocycles. The van der Waals surface area contributed by atoms with Crippen LogP contribution in [-0.4, -0.2) is 41.2 Å². The van der Waals surface area contributed by atoms with E-state index in [2.05, 4.69) is 72.9 Å². The van der Waals surface area contributed by atoms with Crippen molar-refractivity contribution in [2.24, 2.45) is 11.3 Å². The highest BCUT2D eigenvalue weighted by molar-refractivity contribution is 9.10. The zero-order valence-electron chi connectivity index (χ0n) is 17.6. The summed E-state index contributed by atoms with van der Waals surface area (Å²) in [5, 5.41) is 3.73. The first kappa shape index (κ1) is 21.1. The minimum atomic E-state index is 0.299. The molecule has 0 bridgehead atoms. The normalized spacial score (nSPS) is 30.3. The molecule has 4 nitrogen and oxygen atoms in total. The van der Waals surface area contributed by atoms with Gasteiger partial charge in [0, 0.05) is 25.7 Å². The third kappa shape index (κ3) is 6.16. The van der Waals surface area contributed by atoms with Gasteiger partial charge in [0.25, 0.3) is 0 Å². The van der Waals surface area contributed by atoms with Gasteiger partial charge in [-0.3, -0.25) is 4.90 Å². The fourth-order valence-corrected chi connectivity index (χ4v) is 5.19. The molecule has 1 unspecified atom stereocenters. The first-order valence-electron chi connectivity index (χ1n) is 10.5. The largest absolute Gasteiger partial charge is 0.373 e. The topological polar surface area (TPSA) is 37.4 Å². The van der Waals surface area contributed by atoms with E-state index in [1.165, 1.54) is 31.2 Å². The lowest BCUT2D eigenvalue weighted by Crippen LogP contribution is -2.44. The average molecular weight is 438 g/mol. The minimum absolute atomic E-state index is 0.299. The van der Waals surface area contributed by atoms with E-state index in [1.807, 2.05) is 0 Å². The van der Waals surface area contributed by atoms with Crippen molar-refractivity contribution in [2.75, 3.05) is 18.4 Å². The van der Waals surface area contributed by atoms with Gasteiger partial charge in [-0.15, -0.1) is 0 Å². The van der Waals surface area contributed by atoms with E-state index in [0.29, 0.717) is 23.7 Å². The molecular formula is C22H36BrN3O. The van der Waals surface area contributed by atoms with Crippen LogP contribution in [0.15, 0.2) is 16.7 Å². The molecule has 2 aliphatic rings. The zero-order valence-corrected chi connectivity index (χ0v) is 19.2. The van der Waals surface area contributed by atoms with Gasteiger partial charge in [-0.1, -0.05) is 27.2 Å². The van der Waals surface area contributed by atoms with Crippen LogP contribution in [0.3, 0.4) is 0 Å². The van der Waals surface area contributed by atoms with Crippen LogP contribution >= 0.6 is 15.9 Å². The summed E-state index contributed by atoms with van der Waals surface area (Å²) in [5.74, 6) is 1.79. The molecule has 4 atom stereocenters. The van der Waals surface area contributed by atoms with Gasteiger partial charge in [-0.25, -0.2) is 4.98 Å². The van der Waals surface area contributed by atoms with Gasteiger partial charge in [0.05, 0.1) is 12.2 Å². The monoisotopic (exact) mass is 437 g/mol. The lowest BCUT2D eigenvalue weighted by Gasteiger charge is -2.38. The van der Waals surface area contributed by atoms with Crippen molar-refractivity contribution < 1.29 is 4.74 Å². The van der Waals surface area contributed by atoms with Crippen LogP contribution in [-0.2, 0) is 11.3 Å². The highest BCUT2D eigenvalue weighted by Gasteiger charge is 2.30. The number of rotatable bonds is 4. The molecule has 0 spiro atoms. The van der Waals surface area contributed by atoms with E-state index >= 15 is 0 Å². The smallest absolute Gasteiger partial charge is 0.127 e. The number of halogens is 1. The summed E-state index contributed by atoms with van der Waals surface area (Å²) in [7, 11) is 0. The molecular weight excluding hydrogens is 402 g/mol. The lowest BCUT2D eigenvalue weighted by molar-refractivity contribution is -0.0704. The molecule has 27 heavy (non-hydrogen) atoms. The molecule has 1 N–H and O–H groups in total. The summed E-state index contributed by atoms with van der Waals surface area (Å²) in [6.45, 7) is 14.4. The Morgan fingerprint density at radius 3 is 2.56 bits per heavy atom. The third-order valence-corrected chi connectivity index (χ3v) is 6.41. The van der Waals surface area contributed by atoms with Crippen LogP contribution in [0.1, 0.15) is 65.9 Å². The highest BCUT2D eigenvalue weighted by Crippen LogP contribution is 2.38. The SMILES string of the molecule is C[C@@H]1CN(Cc2cc(Br)nc(N[C@H]3CCCC(C(C)(C)C)C3)c2)C[C@H](C)O1. The van der Waals surface area contributed by atoms with Gasteiger partial charge in [-0.2, -0.15) is 0 Å². The molecule has 152 valence electrons. The Bertz CT molecular complexity index is 620. The second kappa shape index (κ2) is 8.79. The molecule has 5 heteroatoms. The number of ether oxygens (including phenoxy) is 1. The lowest BCUT2D eigenvalue weighted by atomic mass is 9.71. The fraction of sp³-hybridized carbons (Fsp3) is 0.773. The number of nitrogens with one attached hydrogen (secondary N) is 1. The van der Waals surface area contributed by atoms with Crippen molar-refractivity contribution in [3.05, 3.63) is 22.3 Å². The molecule has 1 aliphatic heterocycles. The van der Waals surface area contributed by atoms with E-state index in [-0.39, 0.29) is 0 Å². The Kier molecular flexibility index (Phi) is 6.86. The van der Waals surface area contributed by atoms with Crippen LogP contribution in [0.4, 0.5) is 5.82 Å². The van der Waals surface area contributed by atoms with E-state index in [4.69, 9.17) is 9.72 Å². The molecule has 2 fully saturated rings. The third-order valence-electron chi connectivity index (χ3n) is 6.01. The Balaban J connectivity index is 1.65. The second-order valence-corrected chi connectivity index (χ2v) is 10.5. The van der Waals surface area contributed by atoms with E-state index in [9.17, 15) is 0 Å². The summed E-state index contributed by atoms with van der Waals surface area (Å²) in [5.41, 5.74) is 1.70. The summed E-state index contributed by atoms with van der Waals surface area (Å²) < 4.78 is 6.78. The van der Waals surface area contributed by atoms with Crippen molar-refractivity contribution in [3.63, 3.8) is 0 Å². The van der Waals surface area contributed by atoms with Crippen LogP contribution in [0.2, 0.25) is 0 Å². The van der Waals surface area contributed by atoms with Gasteiger partial charge in [-0.05, 0) is 78.1 Å². The summed E-state index contributed by atoms with van der Waals surface area (Å²) >= 11 is 3.62. The maximum Gasteiger partial charge on any atom is 0.127 e.